The van der Waals surface area contributed by atoms with Gasteiger partial charge in [-0.15, -0.1) is 0 Å². The molecule has 0 radical (unpaired) electrons. The van der Waals surface area contributed by atoms with Crippen molar-refractivity contribution in [2.24, 2.45) is 0 Å². The Hall–Kier alpha value is -2.11. The van der Waals surface area contributed by atoms with Crippen LogP contribution in [0.15, 0.2) is 59.7 Å². The highest BCUT2D eigenvalue weighted by Gasteiger charge is 2.43. The van der Waals surface area contributed by atoms with Crippen LogP contribution in [0.1, 0.15) is 91.2 Å². The number of carboxylic acid groups (broad SMARTS) is 1. The summed E-state index contributed by atoms with van der Waals surface area (Å²) in [5.41, 5.74) is 4.17. The first kappa shape index (κ1) is 39.1. The zero-order valence-corrected chi connectivity index (χ0v) is 31.9. The van der Waals surface area contributed by atoms with E-state index in [-0.39, 0.29) is 34.5 Å². The van der Waals surface area contributed by atoms with E-state index in [0.717, 1.165) is 29.6 Å². The van der Waals surface area contributed by atoms with Crippen molar-refractivity contribution in [3.8, 4) is 0 Å². The van der Waals surface area contributed by atoms with Gasteiger partial charge in [0.05, 0.1) is 18.8 Å². The van der Waals surface area contributed by atoms with E-state index in [4.69, 9.17) is 18.7 Å². The summed E-state index contributed by atoms with van der Waals surface area (Å²) >= 11 is 0. The van der Waals surface area contributed by atoms with Crippen molar-refractivity contribution in [3.63, 3.8) is 0 Å². The van der Waals surface area contributed by atoms with Crippen molar-refractivity contribution < 1.29 is 28.3 Å². The molecule has 1 aliphatic rings. The number of Topliss-reactive ketones (excluding diaryl/α,β-unsaturated/α-hetero) is 1. The third-order valence-corrected chi connectivity index (χ3v) is 18.6. The summed E-state index contributed by atoms with van der Waals surface area (Å²) in [7, 11) is -2.52. The molecule has 0 spiro atoms. The van der Waals surface area contributed by atoms with Gasteiger partial charge in [0.25, 0.3) is 0 Å². The molecule has 2 rings (SSSR count). The number of hydrogen-bond acceptors (Lipinski definition) is 5. The fraction of sp³-hybridized carbons (Fsp3) is 0.622. The molecule has 45 heavy (non-hydrogen) atoms. The SMILES string of the molecule is COCc1cccc(CC[C@@H](C=CC2=C(CC=CCCCC(=O)O)C(=O)C[C@H]2O[Si](C)(C)C(C)(C)C)O[Si](C)(C)C(C)(C)C)c1. The number of ether oxygens (including phenoxy) is 1. The van der Waals surface area contributed by atoms with Crippen LogP contribution in [-0.4, -0.2) is 52.8 Å². The van der Waals surface area contributed by atoms with Crippen LogP contribution in [0.25, 0.3) is 0 Å². The topological polar surface area (TPSA) is 82.1 Å². The Morgan fingerprint density at radius 3 is 2.27 bits per heavy atom. The largest absolute Gasteiger partial charge is 0.481 e. The van der Waals surface area contributed by atoms with Crippen LogP contribution < -0.4 is 0 Å². The third kappa shape index (κ3) is 12.2. The molecule has 1 aromatic rings. The lowest BCUT2D eigenvalue weighted by Gasteiger charge is -2.39. The predicted octanol–water partition coefficient (Wildman–Crippen LogP) is 9.57. The Labute approximate surface area is 275 Å². The van der Waals surface area contributed by atoms with Gasteiger partial charge >= 0.3 is 5.97 Å². The summed E-state index contributed by atoms with van der Waals surface area (Å²) < 4.78 is 19.2. The quantitative estimate of drug-likeness (QED) is 0.102. The maximum absolute atomic E-state index is 13.4. The van der Waals surface area contributed by atoms with Crippen molar-refractivity contribution in [1.82, 2.24) is 0 Å². The van der Waals surface area contributed by atoms with Crippen LogP contribution in [0.2, 0.25) is 36.3 Å². The van der Waals surface area contributed by atoms with Gasteiger partial charge in [-0.2, -0.15) is 0 Å². The second-order valence-electron chi connectivity index (χ2n) is 15.5. The number of aliphatic carboxylic acids is 1. The highest BCUT2D eigenvalue weighted by molar-refractivity contribution is 6.74. The lowest BCUT2D eigenvalue weighted by atomic mass is 10.0. The van der Waals surface area contributed by atoms with E-state index < -0.39 is 22.6 Å². The number of aryl methyl sites for hydroxylation is 1. The molecule has 8 heteroatoms. The molecule has 0 amide bonds. The normalized spacial score (nSPS) is 17.7. The average Bonchev–Trinajstić information content (AvgIpc) is 3.19. The molecule has 1 N–H and O–H groups in total. The van der Waals surface area contributed by atoms with Crippen LogP contribution in [0, 0.1) is 0 Å². The van der Waals surface area contributed by atoms with Gasteiger partial charge in [0, 0.05) is 25.5 Å². The standard InChI is InChI=1S/C37H60O6Si2/c1-36(2,3)44(8,9)42-30(22-21-28-17-16-18-29(25-28)27-41-7)23-24-32-31(19-14-12-13-15-20-35(39)40)33(38)26-34(32)43-45(10,11)37(4,5)6/h12,14,16-18,23-25,30,34H,13,15,19-22,26-27H2,1-11H3,(H,39,40)/t30-,34+/m0/s1. The van der Waals surface area contributed by atoms with Crippen LogP contribution in [-0.2, 0) is 36.2 Å². The summed E-state index contributed by atoms with van der Waals surface area (Å²) in [6.45, 7) is 23.1. The number of allylic oxidation sites excluding steroid dienone is 3. The molecule has 0 bridgehead atoms. The number of carboxylic acids is 1. The van der Waals surface area contributed by atoms with Crippen LogP contribution in [0.5, 0.6) is 0 Å². The second kappa shape index (κ2) is 16.6. The number of carbonyl (C=O) groups excluding carboxylic acids is 1. The first-order valence-electron chi connectivity index (χ1n) is 16.5. The molecule has 0 fully saturated rings. The maximum atomic E-state index is 13.4. The van der Waals surface area contributed by atoms with Crippen LogP contribution >= 0.6 is 0 Å². The summed E-state index contributed by atoms with van der Waals surface area (Å²) in [5.74, 6) is -0.655. The summed E-state index contributed by atoms with van der Waals surface area (Å²) in [5, 5.41) is 9.02. The number of methoxy groups -OCH3 is 1. The molecule has 252 valence electrons. The van der Waals surface area contributed by atoms with Gasteiger partial charge in [-0.3, -0.25) is 9.59 Å². The third-order valence-electron chi connectivity index (χ3n) is 9.66. The number of rotatable bonds is 17. The Balaban J connectivity index is 2.45. The number of hydrogen-bond donors (Lipinski definition) is 1. The van der Waals surface area contributed by atoms with Crippen molar-refractivity contribution in [1.29, 1.82) is 0 Å². The minimum absolute atomic E-state index is 0.0169. The van der Waals surface area contributed by atoms with Crippen LogP contribution in [0.4, 0.5) is 0 Å². The van der Waals surface area contributed by atoms with Gasteiger partial charge < -0.3 is 18.7 Å². The maximum Gasteiger partial charge on any atom is 0.303 e. The molecule has 0 saturated heterocycles. The first-order valence-corrected chi connectivity index (χ1v) is 22.3. The predicted molar refractivity (Wildman–Crippen MR) is 191 cm³/mol. The van der Waals surface area contributed by atoms with E-state index in [0.29, 0.717) is 32.3 Å². The summed E-state index contributed by atoms with van der Waals surface area (Å²) in [6, 6.07) is 8.54. The minimum atomic E-state index is -2.15. The summed E-state index contributed by atoms with van der Waals surface area (Å²) in [4.78, 5) is 24.3. The molecule has 0 heterocycles. The van der Waals surface area contributed by atoms with E-state index in [1.54, 1.807) is 7.11 Å². The van der Waals surface area contributed by atoms with Gasteiger partial charge in [0.2, 0.25) is 0 Å². The van der Waals surface area contributed by atoms with E-state index in [1.807, 2.05) is 12.2 Å². The van der Waals surface area contributed by atoms with Crippen molar-refractivity contribution in [2.45, 2.75) is 142 Å². The average molecular weight is 657 g/mol. The molecule has 0 unspecified atom stereocenters. The van der Waals surface area contributed by atoms with Gasteiger partial charge in [0.15, 0.2) is 22.4 Å². The van der Waals surface area contributed by atoms with Gasteiger partial charge in [-0.05, 0) is 85.1 Å². The molecule has 2 atom stereocenters. The van der Waals surface area contributed by atoms with Crippen molar-refractivity contribution in [2.75, 3.05) is 7.11 Å². The summed E-state index contributed by atoms with van der Waals surface area (Å²) in [6.07, 6.45) is 11.9. The molecular weight excluding hydrogens is 597 g/mol. The number of benzene rings is 1. The monoisotopic (exact) mass is 656 g/mol. The first-order chi connectivity index (χ1) is 20.8. The van der Waals surface area contributed by atoms with Gasteiger partial charge in [-0.25, -0.2) is 0 Å². The Bertz CT molecular complexity index is 1230. The Morgan fingerprint density at radius 1 is 1.02 bits per heavy atom. The van der Waals surface area contributed by atoms with Gasteiger partial charge in [-0.1, -0.05) is 90.1 Å². The zero-order valence-electron chi connectivity index (χ0n) is 29.9. The highest BCUT2D eigenvalue weighted by atomic mass is 28.4. The second-order valence-corrected chi connectivity index (χ2v) is 25.0. The van der Waals surface area contributed by atoms with E-state index in [1.165, 1.54) is 5.56 Å². The number of ketones is 1. The lowest BCUT2D eigenvalue weighted by molar-refractivity contribution is -0.137. The fourth-order valence-electron chi connectivity index (χ4n) is 4.84. The van der Waals surface area contributed by atoms with E-state index in [2.05, 4.69) is 104 Å². The highest BCUT2D eigenvalue weighted by Crippen LogP contribution is 2.42. The van der Waals surface area contributed by atoms with E-state index in [9.17, 15) is 9.59 Å². The lowest BCUT2D eigenvalue weighted by Crippen LogP contribution is -2.44. The van der Waals surface area contributed by atoms with Crippen molar-refractivity contribution >= 4 is 28.4 Å². The number of unbranched alkanes of at least 4 members (excludes halogenated alkanes) is 1. The molecule has 0 aromatic heterocycles. The van der Waals surface area contributed by atoms with Crippen molar-refractivity contribution in [3.05, 3.63) is 70.8 Å². The fourth-order valence-corrected chi connectivity index (χ4v) is 7.42. The molecule has 0 aliphatic heterocycles. The molecule has 1 aromatic carbocycles. The smallest absolute Gasteiger partial charge is 0.303 e. The molecule has 1 aliphatic carbocycles. The number of carbonyl (C=O) groups is 2. The minimum Gasteiger partial charge on any atom is -0.481 e. The zero-order chi connectivity index (χ0) is 34.1. The molecule has 0 saturated carbocycles. The Morgan fingerprint density at radius 2 is 1.67 bits per heavy atom. The van der Waals surface area contributed by atoms with Crippen LogP contribution in [0.3, 0.4) is 0 Å². The van der Waals surface area contributed by atoms with Gasteiger partial charge in [0.1, 0.15) is 0 Å². The van der Waals surface area contributed by atoms with E-state index >= 15 is 0 Å². The Kier molecular flexibility index (Phi) is 14.4. The molecule has 6 nitrogen and oxygen atoms in total. The molecular formula is C37H60O6Si2.